The van der Waals surface area contributed by atoms with Crippen LogP contribution in [0.25, 0.3) is 0 Å². The maximum Gasteiger partial charge on any atom is 0.315 e. The maximum absolute atomic E-state index is 12.5. The van der Waals surface area contributed by atoms with Gasteiger partial charge in [-0.25, -0.2) is 4.79 Å². The van der Waals surface area contributed by atoms with Crippen molar-refractivity contribution in [2.75, 3.05) is 25.3 Å². The Morgan fingerprint density at radius 2 is 1.57 bits per heavy atom. The monoisotopic (exact) mass is 660 g/mol. The van der Waals surface area contributed by atoms with E-state index in [1.807, 2.05) is 11.8 Å². The van der Waals surface area contributed by atoms with E-state index < -0.39 is 54.0 Å². The summed E-state index contributed by atoms with van der Waals surface area (Å²) in [7, 11) is 1.15. The second-order valence-corrected chi connectivity index (χ2v) is 12.5. The van der Waals surface area contributed by atoms with Crippen LogP contribution < -0.4 is 31.9 Å². The van der Waals surface area contributed by atoms with Gasteiger partial charge in [0.1, 0.15) is 12.1 Å². The first-order valence-electron chi connectivity index (χ1n) is 15.0. The van der Waals surface area contributed by atoms with Gasteiger partial charge in [0, 0.05) is 30.4 Å². The molecule has 6 amide bonds. The summed E-state index contributed by atoms with van der Waals surface area (Å²) in [5.74, 6) is -2.37. The van der Waals surface area contributed by atoms with Crippen molar-refractivity contribution in [3.05, 3.63) is 0 Å². The van der Waals surface area contributed by atoms with Gasteiger partial charge in [-0.05, 0) is 39.5 Å². The molecule has 0 spiro atoms. The molecule has 6 atom stereocenters. The Bertz CT molecular complexity index is 1050. The lowest BCUT2D eigenvalue weighted by atomic mass is 10.0. The largest absolute Gasteiger partial charge is 0.469 e. The van der Waals surface area contributed by atoms with Crippen molar-refractivity contribution >= 4 is 64.8 Å². The smallest absolute Gasteiger partial charge is 0.315 e. The molecular formula is C28H45ClN6O8S. The average Bonchev–Trinajstić information content (AvgIpc) is 3.54. The van der Waals surface area contributed by atoms with E-state index in [2.05, 4.69) is 36.6 Å². The van der Waals surface area contributed by atoms with Gasteiger partial charge in [0.15, 0.2) is 5.78 Å². The molecule has 2 fully saturated rings. The number of hydrogen-bond donors (Lipinski definition) is 6. The second kappa shape index (κ2) is 19.3. The average molecular weight is 661 g/mol. The lowest BCUT2D eigenvalue weighted by molar-refractivity contribution is -0.143. The normalized spacial score (nSPS) is 20.6. The molecule has 0 saturated carbocycles. The molecule has 0 radical (unpaired) electrons. The zero-order valence-electron chi connectivity index (χ0n) is 25.5. The Hall–Kier alpha value is -3.07. The number of carbonyl (C=O) groups is 7. The van der Waals surface area contributed by atoms with Gasteiger partial charge in [0.2, 0.25) is 23.6 Å². The molecule has 2 heterocycles. The number of esters is 1. The fraction of sp³-hybridized carbons (Fsp3) is 0.750. The Morgan fingerprint density at radius 3 is 2.27 bits per heavy atom. The number of halogens is 1. The predicted molar refractivity (Wildman–Crippen MR) is 165 cm³/mol. The van der Waals surface area contributed by atoms with Gasteiger partial charge in [0.05, 0.1) is 37.5 Å². The van der Waals surface area contributed by atoms with Crippen LogP contribution in [-0.2, 0) is 33.5 Å². The molecule has 0 aromatic heterocycles. The number of alkyl halides is 1. The number of ether oxygens (including phenoxy) is 1. The standard InChI is InChI=1S/C28H45ClN6O8S/c1-16(26(40)32-17(2)27(41)33-18(20(36)14-29)13-24(39)43-3)31-23(38)11-5-4-8-12-30-22(37)10-7-6-9-21-25-19(15-44-21)34-28(42)35-25/h16-19,21,25H,4-15H2,1-3H3,(H,30,37)(H,31,38)(H,32,40)(H,33,41)(H2,34,35,42)/t16-,17-,18-,19-,21-,25-/m0/s1. The van der Waals surface area contributed by atoms with Crippen LogP contribution in [0.5, 0.6) is 0 Å². The van der Waals surface area contributed by atoms with Crippen LogP contribution in [0.2, 0.25) is 0 Å². The van der Waals surface area contributed by atoms with Gasteiger partial charge < -0.3 is 36.6 Å². The van der Waals surface area contributed by atoms with Crippen molar-refractivity contribution in [1.29, 1.82) is 0 Å². The number of amides is 6. The number of Topliss-reactive ketones (excluding diaryl/α,β-unsaturated/α-hetero) is 1. The first-order valence-corrected chi connectivity index (χ1v) is 16.5. The third-order valence-corrected chi connectivity index (χ3v) is 9.21. The first kappa shape index (κ1) is 37.1. The quantitative estimate of drug-likeness (QED) is 0.0458. The third kappa shape index (κ3) is 12.9. The molecule has 0 aromatic carbocycles. The van der Waals surface area contributed by atoms with E-state index in [1.165, 1.54) is 13.8 Å². The van der Waals surface area contributed by atoms with Crippen LogP contribution in [0.3, 0.4) is 0 Å². The topological polar surface area (TPSA) is 201 Å². The highest BCUT2D eigenvalue weighted by Crippen LogP contribution is 2.33. The van der Waals surface area contributed by atoms with Gasteiger partial charge in [-0.15, -0.1) is 11.6 Å². The molecular weight excluding hydrogens is 616 g/mol. The summed E-state index contributed by atoms with van der Waals surface area (Å²) in [5, 5.41) is 16.6. The SMILES string of the molecule is COC(=O)C[C@H](NC(=O)[C@H](C)NC(=O)[C@H](C)NC(=O)CCCCCNC(=O)CCCC[C@@H]1SC[C@@H]2NC(=O)N[C@@H]21)C(=O)CCl. The van der Waals surface area contributed by atoms with Crippen molar-refractivity contribution in [3.8, 4) is 0 Å². The van der Waals surface area contributed by atoms with Crippen LogP contribution in [0, 0.1) is 0 Å². The minimum Gasteiger partial charge on any atom is -0.469 e. The van der Waals surface area contributed by atoms with Gasteiger partial charge >= 0.3 is 12.0 Å². The van der Waals surface area contributed by atoms with Crippen LogP contribution in [0.15, 0.2) is 0 Å². The molecule has 0 unspecified atom stereocenters. The molecule has 14 nitrogen and oxygen atoms in total. The minimum absolute atomic E-state index is 0.00269. The predicted octanol–water partition coefficient (Wildman–Crippen LogP) is 0.254. The lowest BCUT2D eigenvalue weighted by Gasteiger charge is -2.21. The number of unbranched alkanes of at least 4 members (excludes halogenated alkanes) is 3. The summed E-state index contributed by atoms with van der Waals surface area (Å²) in [6.07, 6.45) is 4.98. The van der Waals surface area contributed by atoms with E-state index in [1.54, 1.807) is 0 Å². The van der Waals surface area contributed by atoms with Gasteiger partial charge in [0.25, 0.3) is 0 Å². The molecule has 2 saturated heterocycles. The third-order valence-electron chi connectivity index (χ3n) is 7.44. The number of ketones is 1. The number of urea groups is 1. The zero-order valence-corrected chi connectivity index (χ0v) is 27.1. The van der Waals surface area contributed by atoms with Crippen LogP contribution in [0.1, 0.15) is 71.6 Å². The van der Waals surface area contributed by atoms with Crippen LogP contribution >= 0.6 is 23.4 Å². The van der Waals surface area contributed by atoms with Crippen molar-refractivity contribution < 1.29 is 38.3 Å². The molecule has 2 rings (SSSR count). The Kier molecular flexibility index (Phi) is 16.3. The van der Waals surface area contributed by atoms with Crippen LogP contribution in [-0.4, -0.2) is 102 Å². The minimum atomic E-state index is -1.19. The Balaban J connectivity index is 1.53. The number of hydrogen-bond acceptors (Lipinski definition) is 9. The van der Waals surface area contributed by atoms with E-state index in [9.17, 15) is 33.6 Å². The van der Waals surface area contributed by atoms with E-state index in [4.69, 9.17) is 11.6 Å². The highest BCUT2D eigenvalue weighted by atomic mass is 35.5. The molecule has 16 heteroatoms. The van der Waals surface area contributed by atoms with Gasteiger partial charge in [-0.3, -0.25) is 28.8 Å². The molecule has 6 N–H and O–H groups in total. The number of rotatable bonds is 20. The zero-order chi connectivity index (χ0) is 32.6. The summed E-state index contributed by atoms with van der Waals surface area (Å²) in [5.41, 5.74) is 0. The molecule has 2 aliphatic heterocycles. The van der Waals surface area contributed by atoms with Crippen LogP contribution in [0.4, 0.5) is 4.79 Å². The Labute approximate surface area is 267 Å². The summed E-state index contributed by atoms with van der Waals surface area (Å²) in [6.45, 7) is 3.41. The van der Waals surface area contributed by atoms with E-state index in [0.717, 1.165) is 45.0 Å². The summed E-state index contributed by atoms with van der Waals surface area (Å²) < 4.78 is 4.53. The van der Waals surface area contributed by atoms with Crippen molar-refractivity contribution in [2.24, 2.45) is 0 Å². The first-order chi connectivity index (χ1) is 20.9. The fourth-order valence-corrected chi connectivity index (χ4v) is 6.58. The second-order valence-electron chi connectivity index (χ2n) is 11.0. The van der Waals surface area contributed by atoms with Crippen molar-refractivity contribution in [1.82, 2.24) is 31.9 Å². The molecule has 44 heavy (non-hydrogen) atoms. The van der Waals surface area contributed by atoms with E-state index in [-0.39, 0.29) is 36.3 Å². The summed E-state index contributed by atoms with van der Waals surface area (Å²) >= 11 is 7.41. The molecule has 0 bridgehead atoms. The van der Waals surface area contributed by atoms with E-state index in [0.29, 0.717) is 24.6 Å². The van der Waals surface area contributed by atoms with Gasteiger partial charge in [-0.2, -0.15) is 11.8 Å². The number of fused-ring (bicyclic) bond motifs is 1. The lowest BCUT2D eigenvalue weighted by Crippen LogP contribution is -2.54. The van der Waals surface area contributed by atoms with Crippen molar-refractivity contribution in [2.45, 2.75) is 107 Å². The highest BCUT2D eigenvalue weighted by molar-refractivity contribution is 8.00. The molecule has 248 valence electrons. The molecule has 0 aliphatic carbocycles. The summed E-state index contributed by atoms with van der Waals surface area (Å²) in [6, 6.07) is -2.84. The van der Waals surface area contributed by atoms with Gasteiger partial charge in [-0.1, -0.05) is 12.8 Å². The van der Waals surface area contributed by atoms with E-state index >= 15 is 0 Å². The fourth-order valence-electron chi connectivity index (χ4n) is 4.85. The number of methoxy groups -OCH3 is 1. The maximum atomic E-state index is 12.5. The number of nitrogens with one attached hydrogen (secondary N) is 6. The highest BCUT2D eigenvalue weighted by Gasteiger charge is 2.42. The molecule has 0 aromatic rings. The molecule has 2 aliphatic rings. The van der Waals surface area contributed by atoms with Crippen molar-refractivity contribution in [3.63, 3.8) is 0 Å². The number of carbonyl (C=O) groups excluding carboxylic acids is 7. The number of thioether (sulfide) groups is 1. The Morgan fingerprint density at radius 1 is 0.909 bits per heavy atom. The summed E-state index contributed by atoms with van der Waals surface area (Å²) in [4.78, 5) is 84.2.